The Morgan fingerprint density at radius 2 is 2.05 bits per heavy atom. The smallest absolute Gasteiger partial charge is 0.322 e. The lowest BCUT2D eigenvalue weighted by Gasteiger charge is -2.19. The fraction of sp³-hybridized carbons (Fsp3) is 0.500. The molecule has 20 heavy (non-hydrogen) atoms. The van der Waals surface area contributed by atoms with Crippen LogP contribution in [0.25, 0.3) is 0 Å². The predicted molar refractivity (Wildman–Crippen MR) is 70.5 cm³/mol. The van der Waals surface area contributed by atoms with Crippen LogP contribution in [-0.2, 0) is 9.53 Å². The highest BCUT2D eigenvalue weighted by molar-refractivity contribution is 5.75. The summed E-state index contributed by atoms with van der Waals surface area (Å²) < 4.78 is 35.9. The van der Waals surface area contributed by atoms with Crippen LogP contribution in [0, 0.1) is 11.6 Å². The Bertz CT molecular complexity index is 452. The number of benzene rings is 1. The largest absolute Gasteiger partial charge is 0.490 e. The number of rotatable bonds is 7. The number of carbonyl (C=O) groups is 1. The van der Waals surface area contributed by atoms with E-state index >= 15 is 0 Å². The molecule has 0 saturated carbocycles. The summed E-state index contributed by atoms with van der Waals surface area (Å²) in [7, 11) is 1.30. The molecule has 1 rings (SSSR count). The molecule has 1 unspecified atom stereocenters. The Kier molecular flexibility index (Phi) is 6.38. The number of carbonyl (C=O) groups excluding carboxylic acids is 1. The molecule has 0 heterocycles. The van der Waals surface area contributed by atoms with Gasteiger partial charge in [0.25, 0.3) is 0 Å². The van der Waals surface area contributed by atoms with Crippen molar-refractivity contribution >= 4 is 5.97 Å². The molecular weight excluding hydrogens is 268 g/mol. The van der Waals surface area contributed by atoms with Gasteiger partial charge in [0.15, 0.2) is 11.6 Å². The van der Waals surface area contributed by atoms with E-state index in [4.69, 9.17) is 4.74 Å². The molecule has 0 fully saturated rings. The average molecular weight is 287 g/mol. The number of ether oxygens (including phenoxy) is 2. The van der Waals surface area contributed by atoms with Crippen LogP contribution in [0.2, 0.25) is 0 Å². The number of methoxy groups -OCH3 is 1. The molecule has 0 bridgehead atoms. The Labute approximate surface area is 117 Å². The molecule has 112 valence electrons. The van der Waals surface area contributed by atoms with E-state index in [-0.39, 0.29) is 18.4 Å². The molecule has 1 aromatic rings. The van der Waals surface area contributed by atoms with Crippen molar-refractivity contribution in [3.8, 4) is 5.75 Å². The maximum Gasteiger partial charge on any atom is 0.322 e. The summed E-state index contributed by atoms with van der Waals surface area (Å²) in [6.07, 6.45) is 0.321. The van der Waals surface area contributed by atoms with Crippen molar-refractivity contribution in [3.05, 3.63) is 29.8 Å². The van der Waals surface area contributed by atoms with Crippen LogP contribution in [0.1, 0.15) is 20.3 Å². The zero-order chi connectivity index (χ0) is 15.1. The molecule has 1 aromatic carbocycles. The van der Waals surface area contributed by atoms with Gasteiger partial charge < -0.3 is 14.8 Å². The molecule has 0 amide bonds. The van der Waals surface area contributed by atoms with Crippen LogP contribution in [0.5, 0.6) is 5.75 Å². The van der Waals surface area contributed by atoms with Crippen LogP contribution in [0.3, 0.4) is 0 Å². The molecule has 0 aliphatic carbocycles. The molecule has 0 aromatic heterocycles. The molecule has 0 aliphatic heterocycles. The number of esters is 1. The van der Waals surface area contributed by atoms with Gasteiger partial charge in [0.1, 0.15) is 11.9 Å². The van der Waals surface area contributed by atoms with E-state index in [9.17, 15) is 13.6 Å². The van der Waals surface area contributed by atoms with Gasteiger partial charge >= 0.3 is 5.97 Å². The lowest BCUT2D eigenvalue weighted by Crippen LogP contribution is -2.42. The van der Waals surface area contributed by atoms with Crippen molar-refractivity contribution in [3.63, 3.8) is 0 Å². The number of hydrogen-bond acceptors (Lipinski definition) is 4. The minimum atomic E-state index is -0.767. The lowest BCUT2D eigenvalue weighted by atomic mass is 10.2. The summed E-state index contributed by atoms with van der Waals surface area (Å²) in [5, 5.41) is 3.03. The molecule has 1 atom stereocenters. The van der Waals surface area contributed by atoms with Crippen LogP contribution in [-0.4, -0.2) is 31.8 Å². The van der Waals surface area contributed by atoms with Gasteiger partial charge in [-0.1, -0.05) is 13.8 Å². The van der Waals surface area contributed by atoms with E-state index in [0.717, 1.165) is 12.1 Å². The van der Waals surface area contributed by atoms with Crippen molar-refractivity contribution in [2.75, 3.05) is 13.7 Å². The second-order valence-electron chi connectivity index (χ2n) is 4.61. The highest BCUT2D eigenvalue weighted by Gasteiger charge is 2.19. The highest BCUT2D eigenvalue weighted by Crippen LogP contribution is 2.17. The maximum absolute atomic E-state index is 13.3. The number of hydrogen-bond donors (Lipinski definition) is 1. The molecule has 0 radical (unpaired) electrons. The zero-order valence-electron chi connectivity index (χ0n) is 11.8. The fourth-order valence-corrected chi connectivity index (χ4v) is 1.69. The first-order valence-electron chi connectivity index (χ1n) is 6.35. The van der Waals surface area contributed by atoms with Gasteiger partial charge in [0.05, 0.1) is 13.7 Å². The third kappa shape index (κ3) is 5.13. The SMILES string of the molecule is COC(=O)C(CCOc1ccc(F)cc1F)NC(C)C. The Hall–Kier alpha value is -1.69. The molecule has 0 saturated heterocycles. The first-order valence-corrected chi connectivity index (χ1v) is 6.35. The first kappa shape index (κ1) is 16.4. The summed E-state index contributed by atoms with van der Waals surface area (Å²) in [6, 6.07) is 2.65. The van der Waals surface area contributed by atoms with E-state index in [1.807, 2.05) is 13.8 Å². The summed E-state index contributed by atoms with van der Waals surface area (Å²) in [5.74, 6) is -1.87. The quantitative estimate of drug-likeness (QED) is 0.782. The van der Waals surface area contributed by atoms with Crippen molar-refractivity contribution in [2.45, 2.75) is 32.4 Å². The van der Waals surface area contributed by atoms with Crippen LogP contribution in [0.15, 0.2) is 18.2 Å². The summed E-state index contributed by atoms with van der Waals surface area (Å²) in [6.45, 7) is 3.91. The van der Waals surface area contributed by atoms with Crippen LogP contribution < -0.4 is 10.1 Å². The van der Waals surface area contributed by atoms with E-state index in [0.29, 0.717) is 6.42 Å². The van der Waals surface area contributed by atoms with Crippen LogP contribution >= 0.6 is 0 Å². The summed E-state index contributed by atoms with van der Waals surface area (Å²) >= 11 is 0. The highest BCUT2D eigenvalue weighted by atomic mass is 19.1. The number of halogens is 2. The second-order valence-corrected chi connectivity index (χ2v) is 4.61. The normalized spacial score (nSPS) is 12.3. The van der Waals surface area contributed by atoms with Crippen LogP contribution in [0.4, 0.5) is 8.78 Å². The summed E-state index contributed by atoms with van der Waals surface area (Å²) in [4.78, 5) is 11.5. The Balaban J connectivity index is 2.53. The van der Waals surface area contributed by atoms with Crippen molar-refractivity contribution < 1.29 is 23.0 Å². The van der Waals surface area contributed by atoms with Crippen molar-refractivity contribution in [1.29, 1.82) is 0 Å². The summed E-state index contributed by atoms with van der Waals surface area (Å²) in [5.41, 5.74) is 0. The average Bonchev–Trinajstić information content (AvgIpc) is 2.38. The maximum atomic E-state index is 13.3. The minimum absolute atomic E-state index is 0.0421. The fourth-order valence-electron chi connectivity index (χ4n) is 1.69. The molecular formula is C14H19F2NO3. The van der Waals surface area contributed by atoms with Gasteiger partial charge in [-0.05, 0) is 12.1 Å². The van der Waals surface area contributed by atoms with E-state index in [2.05, 4.69) is 10.1 Å². The second kappa shape index (κ2) is 7.79. The third-order valence-corrected chi connectivity index (χ3v) is 2.58. The molecule has 6 heteroatoms. The standard InChI is InChI=1S/C14H19F2NO3/c1-9(2)17-12(14(18)19-3)6-7-20-13-5-4-10(15)8-11(13)16/h4-5,8-9,12,17H,6-7H2,1-3H3. The molecule has 0 aliphatic rings. The Morgan fingerprint density at radius 3 is 2.60 bits per heavy atom. The van der Waals surface area contributed by atoms with Gasteiger partial charge in [-0.25, -0.2) is 8.78 Å². The van der Waals surface area contributed by atoms with Gasteiger partial charge in [-0.2, -0.15) is 0 Å². The molecule has 0 spiro atoms. The van der Waals surface area contributed by atoms with E-state index in [1.54, 1.807) is 0 Å². The zero-order valence-corrected chi connectivity index (χ0v) is 11.8. The van der Waals surface area contributed by atoms with Crippen molar-refractivity contribution in [2.24, 2.45) is 0 Å². The molecule has 1 N–H and O–H groups in total. The van der Waals surface area contributed by atoms with E-state index < -0.39 is 23.6 Å². The van der Waals surface area contributed by atoms with Crippen molar-refractivity contribution in [1.82, 2.24) is 5.32 Å². The minimum Gasteiger partial charge on any atom is -0.490 e. The van der Waals surface area contributed by atoms with Gasteiger partial charge in [-0.15, -0.1) is 0 Å². The van der Waals surface area contributed by atoms with Gasteiger partial charge in [-0.3, -0.25) is 4.79 Å². The third-order valence-electron chi connectivity index (χ3n) is 2.58. The lowest BCUT2D eigenvalue weighted by molar-refractivity contribution is -0.143. The van der Waals surface area contributed by atoms with Gasteiger partial charge in [0, 0.05) is 18.5 Å². The predicted octanol–water partition coefficient (Wildman–Crippen LogP) is 2.27. The monoisotopic (exact) mass is 287 g/mol. The first-order chi connectivity index (χ1) is 9.43. The van der Waals surface area contributed by atoms with Gasteiger partial charge in [0.2, 0.25) is 0 Å². The topological polar surface area (TPSA) is 47.6 Å². The number of nitrogens with one attached hydrogen (secondary N) is 1. The Morgan fingerprint density at radius 1 is 1.35 bits per heavy atom. The molecule has 4 nitrogen and oxygen atoms in total. The van der Waals surface area contributed by atoms with E-state index in [1.165, 1.54) is 13.2 Å².